The highest BCUT2D eigenvalue weighted by atomic mass is 79.9. The monoisotopic (exact) mass is 453 g/mol. The van der Waals surface area contributed by atoms with Gasteiger partial charge in [-0.2, -0.15) is 0 Å². The highest BCUT2D eigenvalue weighted by Gasteiger charge is 2.59. The summed E-state index contributed by atoms with van der Waals surface area (Å²) in [6.07, 6.45) is 8.41. The molecule has 4 atom stereocenters. The highest BCUT2D eigenvalue weighted by Crippen LogP contribution is 2.66. The molecule has 0 aromatic heterocycles. The molecule has 2 unspecified atom stereocenters. The van der Waals surface area contributed by atoms with Crippen LogP contribution in [0.4, 0.5) is 0 Å². The Bertz CT molecular complexity index is 877. The molecular weight excluding hydrogens is 422 g/mol. The maximum absolute atomic E-state index is 6.02. The SMILES string of the molecule is C[C@]12CC3CC(NCc4ccc(OCc5ccccc5)c(Br)c4)(C1)C[C@@](C)(C3)C2. The van der Waals surface area contributed by atoms with Crippen LogP contribution in [0.5, 0.6) is 5.75 Å². The summed E-state index contributed by atoms with van der Waals surface area (Å²) in [5.41, 5.74) is 3.97. The molecule has 29 heavy (non-hydrogen) atoms. The Kier molecular flexibility index (Phi) is 4.83. The van der Waals surface area contributed by atoms with E-state index in [2.05, 4.69) is 65.4 Å². The number of halogens is 1. The van der Waals surface area contributed by atoms with Crippen LogP contribution in [0.25, 0.3) is 0 Å². The zero-order valence-corrected chi connectivity index (χ0v) is 19.2. The van der Waals surface area contributed by atoms with Crippen molar-refractivity contribution in [2.75, 3.05) is 0 Å². The summed E-state index contributed by atoms with van der Waals surface area (Å²) >= 11 is 3.72. The van der Waals surface area contributed by atoms with Crippen LogP contribution in [0.1, 0.15) is 63.5 Å². The van der Waals surface area contributed by atoms with E-state index in [0.717, 1.165) is 22.7 Å². The molecular formula is C26H32BrNO. The smallest absolute Gasteiger partial charge is 0.134 e. The fraction of sp³-hybridized carbons (Fsp3) is 0.538. The van der Waals surface area contributed by atoms with E-state index >= 15 is 0 Å². The van der Waals surface area contributed by atoms with Gasteiger partial charge >= 0.3 is 0 Å². The van der Waals surface area contributed by atoms with E-state index < -0.39 is 0 Å². The van der Waals surface area contributed by atoms with Crippen molar-refractivity contribution >= 4 is 15.9 Å². The summed E-state index contributed by atoms with van der Waals surface area (Å²) in [6.45, 7) is 6.62. The molecule has 4 aliphatic rings. The fourth-order valence-corrected chi connectivity index (χ4v) is 7.98. The Balaban J connectivity index is 1.24. The Morgan fingerprint density at radius 1 is 0.931 bits per heavy atom. The van der Waals surface area contributed by atoms with E-state index in [0.29, 0.717) is 23.0 Å². The van der Waals surface area contributed by atoms with Crippen molar-refractivity contribution in [3.05, 3.63) is 64.1 Å². The van der Waals surface area contributed by atoms with Crippen molar-refractivity contribution < 1.29 is 4.74 Å². The van der Waals surface area contributed by atoms with Crippen molar-refractivity contribution in [2.24, 2.45) is 16.7 Å². The summed E-state index contributed by atoms with van der Waals surface area (Å²) in [7, 11) is 0. The van der Waals surface area contributed by atoms with Gasteiger partial charge in [-0.25, -0.2) is 0 Å². The standard InChI is InChI=1S/C26H32BrNO/c1-24-11-21-12-25(2,16-24)18-26(13-21,17-24)28-14-20-8-9-23(22(27)10-20)29-15-19-6-4-3-5-7-19/h3-10,21,28H,11-18H2,1-2H3/t21?,24-,25+,26?. The largest absolute Gasteiger partial charge is 0.488 e. The first-order chi connectivity index (χ1) is 13.8. The van der Waals surface area contributed by atoms with E-state index in [1.54, 1.807) is 0 Å². The summed E-state index contributed by atoms with van der Waals surface area (Å²) in [6, 6.07) is 16.9. The first-order valence-corrected chi connectivity index (χ1v) is 11.8. The molecule has 4 saturated carbocycles. The first kappa shape index (κ1) is 19.6. The van der Waals surface area contributed by atoms with E-state index in [9.17, 15) is 0 Å². The number of ether oxygens (including phenoxy) is 1. The Hall–Kier alpha value is -1.32. The molecule has 4 fully saturated rings. The molecule has 2 nitrogen and oxygen atoms in total. The molecule has 3 heteroatoms. The predicted molar refractivity (Wildman–Crippen MR) is 122 cm³/mol. The minimum atomic E-state index is 0.345. The Morgan fingerprint density at radius 2 is 1.66 bits per heavy atom. The second-order valence-electron chi connectivity index (χ2n) is 10.8. The molecule has 0 saturated heterocycles. The Morgan fingerprint density at radius 3 is 2.31 bits per heavy atom. The van der Waals surface area contributed by atoms with Gasteiger partial charge in [-0.3, -0.25) is 0 Å². The zero-order chi connectivity index (χ0) is 20.1. The lowest BCUT2D eigenvalue weighted by Crippen LogP contribution is -2.63. The minimum absolute atomic E-state index is 0.345. The quantitative estimate of drug-likeness (QED) is 0.515. The van der Waals surface area contributed by atoms with Gasteiger partial charge in [-0.1, -0.05) is 50.2 Å². The topological polar surface area (TPSA) is 21.3 Å². The predicted octanol–water partition coefficient (Wildman–Crippen LogP) is 6.87. The number of hydrogen-bond donors (Lipinski definition) is 1. The summed E-state index contributed by atoms with van der Waals surface area (Å²) in [5.74, 6) is 1.83. The third-order valence-corrected chi connectivity index (χ3v) is 8.15. The molecule has 0 radical (unpaired) electrons. The minimum Gasteiger partial charge on any atom is -0.488 e. The number of nitrogens with one attached hydrogen (secondary N) is 1. The van der Waals surface area contributed by atoms with E-state index in [4.69, 9.17) is 4.74 Å². The molecule has 2 aromatic carbocycles. The number of benzene rings is 2. The molecule has 4 aliphatic carbocycles. The molecule has 1 N–H and O–H groups in total. The molecule has 4 bridgehead atoms. The normalized spacial score (nSPS) is 35.1. The van der Waals surface area contributed by atoms with Crippen LogP contribution in [-0.2, 0) is 13.2 Å². The molecule has 6 rings (SSSR count). The van der Waals surface area contributed by atoms with Gasteiger partial charge in [0.05, 0.1) is 4.47 Å². The van der Waals surface area contributed by atoms with Gasteiger partial charge in [0.15, 0.2) is 0 Å². The summed E-state index contributed by atoms with van der Waals surface area (Å²) in [4.78, 5) is 0. The van der Waals surface area contributed by atoms with Crippen LogP contribution >= 0.6 is 15.9 Å². The van der Waals surface area contributed by atoms with Crippen molar-refractivity contribution in [1.29, 1.82) is 0 Å². The highest BCUT2D eigenvalue weighted by molar-refractivity contribution is 9.10. The summed E-state index contributed by atoms with van der Waals surface area (Å²) in [5, 5.41) is 4.04. The van der Waals surface area contributed by atoms with Crippen LogP contribution in [0.2, 0.25) is 0 Å². The Labute approximate surface area is 183 Å². The van der Waals surface area contributed by atoms with E-state index in [-0.39, 0.29) is 0 Å². The molecule has 0 amide bonds. The van der Waals surface area contributed by atoms with Gasteiger partial charge in [0.25, 0.3) is 0 Å². The maximum atomic E-state index is 6.02. The average molecular weight is 454 g/mol. The van der Waals surface area contributed by atoms with Crippen LogP contribution < -0.4 is 10.1 Å². The molecule has 0 heterocycles. The number of hydrogen-bond acceptors (Lipinski definition) is 2. The van der Waals surface area contributed by atoms with Crippen molar-refractivity contribution in [3.63, 3.8) is 0 Å². The molecule has 2 aromatic rings. The second-order valence-corrected chi connectivity index (χ2v) is 11.7. The van der Waals surface area contributed by atoms with Gasteiger partial charge in [0, 0.05) is 12.1 Å². The zero-order valence-electron chi connectivity index (χ0n) is 17.6. The van der Waals surface area contributed by atoms with Gasteiger partial charge in [0.1, 0.15) is 12.4 Å². The lowest BCUT2D eigenvalue weighted by atomic mass is 9.43. The van der Waals surface area contributed by atoms with Gasteiger partial charge in [-0.05, 0) is 94.5 Å². The van der Waals surface area contributed by atoms with Gasteiger partial charge in [0.2, 0.25) is 0 Å². The molecule has 0 spiro atoms. The van der Waals surface area contributed by atoms with Crippen LogP contribution in [0, 0.1) is 16.7 Å². The van der Waals surface area contributed by atoms with Gasteiger partial charge in [-0.15, -0.1) is 0 Å². The third-order valence-electron chi connectivity index (χ3n) is 7.53. The first-order valence-electron chi connectivity index (χ1n) is 11.0. The third kappa shape index (κ3) is 4.01. The maximum Gasteiger partial charge on any atom is 0.134 e. The van der Waals surface area contributed by atoms with Crippen LogP contribution in [0.15, 0.2) is 53.0 Å². The summed E-state index contributed by atoms with van der Waals surface area (Å²) < 4.78 is 7.05. The lowest BCUT2D eigenvalue weighted by Gasteiger charge is -2.65. The van der Waals surface area contributed by atoms with E-state index in [1.165, 1.54) is 49.7 Å². The number of rotatable bonds is 6. The van der Waals surface area contributed by atoms with Crippen molar-refractivity contribution in [3.8, 4) is 5.75 Å². The molecule has 0 aliphatic heterocycles. The van der Waals surface area contributed by atoms with E-state index in [1.807, 2.05) is 18.2 Å². The lowest BCUT2D eigenvalue weighted by molar-refractivity contribution is -0.118. The van der Waals surface area contributed by atoms with Gasteiger partial charge < -0.3 is 10.1 Å². The molecule has 154 valence electrons. The average Bonchev–Trinajstić information content (AvgIpc) is 2.64. The van der Waals surface area contributed by atoms with Crippen LogP contribution in [-0.4, -0.2) is 5.54 Å². The van der Waals surface area contributed by atoms with Crippen LogP contribution in [0.3, 0.4) is 0 Å². The van der Waals surface area contributed by atoms with Crippen molar-refractivity contribution in [2.45, 2.75) is 71.1 Å². The fourth-order valence-electron chi connectivity index (χ4n) is 7.44. The van der Waals surface area contributed by atoms with Crippen molar-refractivity contribution in [1.82, 2.24) is 5.32 Å². The second kappa shape index (κ2) is 7.13.